The van der Waals surface area contributed by atoms with Crippen molar-refractivity contribution in [1.82, 2.24) is 0 Å². The number of aryl methyl sites for hydroxylation is 1. The highest BCUT2D eigenvalue weighted by molar-refractivity contribution is 9.11. The quantitative estimate of drug-likeness (QED) is 0.614. The van der Waals surface area contributed by atoms with Gasteiger partial charge in [-0.25, -0.2) is 4.39 Å². The van der Waals surface area contributed by atoms with E-state index in [-0.39, 0.29) is 10.6 Å². The third-order valence-electron chi connectivity index (χ3n) is 3.48. The predicted octanol–water partition coefficient (Wildman–Crippen LogP) is 5.40. The monoisotopic (exact) mass is 398 g/mol. The molecule has 1 heterocycles. The van der Waals surface area contributed by atoms with Crippen molar-refractivity contribution in [3.8, 4) is 5.75 Å². The first-order chi connectivity index (χ1) is 9.66. The normalized spacial score (nSPS) is 15.3. The molecule has 1 atom stereocenters. The van der Waals surface area contributed by atoms with Crippen LogP contribution in [0.5, 0.6) is 5.75 Å². The van der Waals surface area contributed by atoms with E-state index in [2.05, 4.69) is 37.9 Å². The molecule has 0 fully saturated rings. The summed E-state index contributed by atoms with van der Waals surface area (Å²) in [6.45, 7) is 0.781. The van der Waals surface area contributed by atoms with Gasteiger partial charge in [0.25, 0.3) is 0 Å². The molecule has 3 rings (SSSR count). The number of rotatable bonds is 2. The third kappa shape index (κ3) is 2.63. The Morgan fingerprint density at radius 1 is 1.20 bits per heavy atom. The van der Waals surface area contributed by atoms with Crippen LogP contribution in [0.15, 0.2) is 40.9 Å². The second kappa shape index (κ2) is 5.86. The predicted molar refractivity (Wildman–Crippen MR) is 85.1 cm³/mol. The minimum atomic E-state index is -0.213. The Morgan fingerprint density at radius 3 is 2.85 bits per heavy atom. The van der Waals surface area contributed by atoms with E-state index in [1.165, 1.54) is 11.6 Å². The van der Waals surface area contributed by atoms with Gasteiger partial charge in [0, 0.05) is 10.0 Å². The molecule has 0 amide bonds. The molecule has 2 aromatic rings. The minimum Gasteiger partial charge on any atom is -0.493 e. The Morgan fingerprint density at radius 2 is 2.05 bits per heavy atom. The summed E-state index contributed by atoms with van der Waals surface area (Å²) in [7, 11) is 0. The van der Waals surface area contributed by atoms with Gasteiger partial charge in [0.05, 0.1) is 11.4 Å². The number of hydrogen-bond donors (Lipinski definition) is 0. The van der Waals surface area contributed by atoms with E-state index in [4.69, 9.17) is 4.74 Å². The highest BCUT2D eigenvalue weighted by atomic mass is 79.9. The van der Waals surface area contributed by atoms with E-state index in [0.29, 0.717) is 5.56 Å². The van der Waals surface area contributed by atoms with Gasteiger partial charge in [-0.3, -0.25) is 0 Å². The Hall–Kier alpha value is -0.870. The molecule has 0 spiro atoms. The summed E-state index contributed by atoms with van der Waals surface area (Å²) in [5.41, 5.74) is 2.87. The van der Waals surface area contributed by atoms with Gasteiger partial charge in [-0.2, -0.15) is 0 Å². The molecule has 1 unspecified atom stereocenters. The second-order valence-electron chi connectivity index (χ2n) is 4.82. The maximum Gasteiger partial charge on any atom is 0.129 e. The van der Waals surface area contributed by atoms with Crippen molar-refractivity contribution >= 4 is 31.9 Å². The van der Waals surface area contributed by atoms with Gasteiger partial charge in [0.2, 0.25) is 0 Å². The fraction of sp³-hybridized carbons (Fsp3) is 0.250. The van der Waals surface area contributed by atoms with Crippen LogP contribution in [-0.2, 0) is 6.42 Å². The zero-order chi connectivity index (χ0) is 14.1. The summed E-state index contributed by atoms with van der Waals surface area (Å²) in [6, 6.07) is 11.1. The molecule has 0 aromatic heterocycles. The third-order valence-corrected chi connectivity index (χ3v) is 5.16. The molecule has 104 valence electrons. The lowest BCUT2D eigenvalue weighted by Crippen LogP contribution is -2.09. The first-order valence-corrected chi connectivity index (χ1v) is 8.21. The minimum absolute atomic E-state index is 0.176. The van der Waals surface area contributed by atoms with Crippen molar-refractivity contribution in [3.05, 3.63) is 63.4 Å². The summed E-state index contributed by atoms with van der Waals surface area (Å²) in [5.74, 6) is 0.738. The lowest BCUT2D eigenvalue weighted by molar-refractivity contribution is 0.288. The fourth-order valence-electron chi connectivity index (χ4n) is 2.46. The maximum atomic E-state index is 14.0. The standard InChI is InChI=1S/C16H13Br2FO/c17-12-4-1-5-13(19)15(12)16(18)11-6-7-14-10(9-11)3-2-8-20-14/h1,4-7,9,16H,2-3,8H2. The second-order valence-corrected chi connectivity index (χ2v) is 6.59. The molecule has 1 aliphatic heterocycles. The van der Waals surface area contributed by atoms with Gasteiger partial charge >= 0.3 is 0 Å². The summed E-state index contributed by atoms with van der Waals surface area (Å²) >= 11 is 7.04. The van der Waals surface area contributed by atoms with Crippen molar-refractivity contribution < 1.29 is 9.13 Å². The van der Waals surface area contributed by atoms with Crippen LogP contribution in [0.2, 0.25) is 0 Å². The first kappa shape index (κ1) is 14.1. The Kier molecular flexibility index (Phi) is 4.13. The van der Waals surface area contributed by atoms with E-state index in [1.54, 1.807) is 6.07 Å². The van der Waals surface area contributed by atoms with Crippen LogP contribution in [0.3, 0.4) is 0 Å². The van der Waals surface area contributed by atoms with Crippen LogP contribution in [-0.4, -0.2) is 6.61 Å². The molecule has 0 saturated heterocycles. The SMILES string of the molecule is Fc1cccc(Br)c1C(Br)c1ccc2c(c1)CCCO2. The Balaban J connectivity index is 2.00. The molecule has 0 N–H and O–H groups in total. The van der Waals surface area contributed by atoms with Crippen molar-refractivity contribution in [2.75, 3.05) is 6.61 Å². The smallest absolute Gasteiger partial charge is 0.129 e. The van der Waals surface area contributed by atoms with Crippen molar-refractivity contribution in [2.24, 2.45) is 0 Å². The average molecular weight is 400 g/mol. The van der Waals surface area contributed by atoms with E-state index >= 15 is 0 Å². The molecule has 1 aliphatic rings. The van der Waals surface area contributed by atoms with Gasteiger partial charge in [-0.15, -0.1) is 0 Å². The highest BCUT2D eigenvalue weighted by Gasteiger charge is 2.20. The number of benzene rings is 2. The number of hydrogen-bond acceptors (Lipinski definition) is 1. The lowest BCUT2D eigenvalue weighted by atomic mass is 9.99. The molecule has 0 radical (unpaired) electrons. The van der Waals surface area contributed by atoms with Crippen LogP contribution in [0.25, 0.3) is 0 Å². The lowest BCUT2D eigenvalue weighted by Gasteiger charge is -2.20. The van der Waals surface area contributed by atoms with Crippen molar-refractivity contribution in [1.29, 1.82) is 0 Å². The van der Waals surface area contributed by atoms with E-state index in [9.17, 15) is 4.39 Å². The van der Waals surface area contributed by atoms with E-state index in [0.717, 1.165) is 35.2 Å². The van der Waals surface area contributed by atoms with Crippen molar-refractivity contribution in [3.63, 3.8) is 0 Å². The number of alkyl halides is 1. The number of ether oxygens (including phenoxy) is 1. The molecule has 2 aromatic carbocycles. The molecule has 20 heavy (non-hydrogen) atoms. The van der Waals surface area contributed by atoms with E-state index in [1.807, 2.05) is 18.2 Å². The Labute approximate surface area is 134 Å². The van der Waals surface area contributed by atoms with Gasteiger partial charge < -0.3 is 4.74 Å². The topological polar surface area (TPSA) is 9.23 Å². The van der Waals surface area contributed by atoms with Gasteiger partial charge in [-0.05, 0) is 42.2 Å². The molecular formula is C16H13Br2FO. The average Bonchev–Trinajstić information content (AvgIpc) is 2.46. The van der Waals surface area contributed by atoms with Crippen LogP contribution < -0.4 is 4.74 Å². The molecule has 4 heteroatoms. The molecule has 0 aliphatic carbocycles. The zero-order valence-electron chi connectivity index (χ0n) is 10.7. The van der Waals surface area contributed by atoms with Crippen LogP contribution in [0.1, 0.15) is 27.9 Å². The molecule has 0 saturated carbocycles. The summed E-state index contributed by atoms with van der Waals surface area (Å²) in [5, 5.41) is 0. The fourth-order valence-corrected chi connectivity index (χ4v) is 4.09. The van der Waals surface area contributed by atoms with Gasteiger partial charge in [-0.1, -0.05) is 50.1 Å². The molecular weight excluding hydrogens is 387 g/mol. The van der Waals surface area contributed by atoms with Crippen LogP contribution in [0.4, 0.5) is 4.39 Å². The Bertz CT molecular complexity index is 622. The summed E-state index contributed by atoms with van der Waals surface area (Å²) in [4.78, 5) is -0.176. The number of halogens is 3. The van der Waals surface area contributed by atoms with Gasteiger partial charge in [0.1, 0.15) is 11.6 Å². The first-order valence-electron chi connectivity index (χ1n) is 6.50. The van der Waals surface area contributed by atoms with Gasteiger partial charge in [0.15, 0.2) is 0 Å². The summed E-state index contributed by atoms with van der Waals surface area (Å²) < 4.78 is 20.4. The van der Waals surface area contributed by atoms with E-state index < -0.39 is 0 Å². The molecule has 1 nitrogen and oxygen atoms in total. The zero-order valence-corrected chi connectivity index (χ0v) is 13.9. The maximum absolute atomic E-state index is 14.0. The number of fused-ring (bicyclic) bond motifs is 1. The van der Waals surface area contributed by atoms with Crippen LogP contribution >= 0.6 is 31.9 Å². The summed E-state index contributed by atoms with van der Waals surface area (Å²) in [6.07, 6.45) is 2.05. The largest absolute Gasteiger partial charge is 0.493 e. The van der Waals surface area contributed by atoms with Crippen molar-refractivity contribution in [2.45, 2.75) is 17.7 Å². The van der Waals surface area contributed by atoms with Crippen LogP contribution in [0, 0.1) is 5.82 Å². The molecule has 0 bridgehead atoms. The highest BCUT2D eigenvalue weighted by Crippen LogP contribution is 2.39.